The van der Waals surface area contributed by atoms with E-state index in [9.17, 15) is 8.42 Å². The van der Waals surface area contributed by atoms with Crippen LogP contribution in [-0.2, 0) is 10.0 Å². The monoisotopic (exact) mass is 376 g/mol. The van der Waals surface area contributed by atoms with Crippen LogP contribution in [0.4, 0.5) is 0 Å². The molecule has 0 saturated heterocycles. The van der Waals surface area contributed by atoms with Gasteiger partial charge in [0, 0.05) is 17.1 Å². The zero-order valence-corrected chi connectivity index (χ0v) is 15.7. The number of hydrogen-bond acceptors (Lipinski definition) is 2. The van der Waals surface area contributed by atoms with Gasteiger partial charge in [0.05, 0.1) is 10.9 Å². The second kappa shape index (κ2) is 7.02. The zero-order chi connectivity index (χ0) is 18.9. The molecule has 0 saturated carbocycles. The van der Waals surface area contributed by atoms with Crippen molar-refractivity contribution in [1.29, 1.82) is 0 Å². The van der Waals surface area contributed by atoms with E-state index in [0.717, 1.165) is 27.6 Å². The molecule has 0 spiro atoms. The number of aromatic nitrogens is 1. The molecule has 1 heterocycles. The maximum atomic E-state index is 13.0. The minimum atomic E-state index is -3.68. The first-order valence-corrected chi connectivity index (χ1v) is 10.2. The lowest BCUT2D eigenvalue weighted by atomic mass is 9.99. The highest BCUT2D eigenvalue weighted by molar-refractivity contribution is 7.89. The van der Waals surface area contributed by atoms with Crippen molar-refractivity contribution >= 4 is 20.9 Å². The molecule has 0 unspecified atom stereocenters. The van der Waals surface area contributed by atoms with Crippen LogP contribution in [-0.4, -0.2) is 13.4 Å². The average Bonchev–Trinajstić information content (AvgIpc) is 3.11. The van der Waals surface area contributed by atoms with Crippen LogP contribution in [0.25, 0.3) is 10.9 Å². The molecule has 4 aromatic rings. The van der Waals surface area contributed by atoms with Crippen molar-refractivity contribution in [2.24, 2.45) is 0 Å². The molecule has 0 bridgehead atoms. The number of para-hydroxylation sites is 1. The summed E-state index contributed by atoms with van der Waals surface area (Å²) in [7, 11) is -3.68. The van der Waals surface area contributed by atoms with E-state index >= 15 is 0 Å². The van der Waals surface area contributed by atoms with Crippen LogP contribution in [0.2, 0.25) is 0 Å². The highest BCUT2D eigenvalue weighted by Crippen LogP contribution is 2.30. The zero-order valence-electron chi connectivity index (χ0n) is 14.9. The maximum absolute atomic E-state index is 13.0. The maximum Gasteiger partial charge on any atom is 0.241 e. The van der Waals surface area contributed by atoms with Gasteiger partial charge in [-0.1, -0.05) is 66.2 Å². The molecule has 1 aromatic heterocycles. The molecular weight excluding hydrogens is 356 g/mol. The lowest BCUT2D eigenvalue weighted by Gasteiger charge is -2.19. The Hall–Kier alpha value is -2.89. The van der Waals surface area contributed by atoms with Crippen LogP contribution in [0.5, 0.6) is 0 Å². The SMILES string of the molecule is Cc1ccc(S(=O)(=O)N[C@H](c2ccccc2)c2c[nH]c3ccccc23)cc1. The van der Waals surface area contributed by atoms with Gasteiger partial charge in [-0.15, -0.1) is 0 Å². The topological polar surface area (TPSA) is 62.0 Å². The first-order chi connectivity index (χ1) is 13.0. The fourth-order valence-electron chi connectivity index (χ4n) is 3.23. The smallest absolute Gasteiger partial charge is 0.241 e. The minimum absolute atomic E-state index is 0.258. The van der Waals surface area contributed by atoms with Crippen LogP contribution in [0.3, 0.4) is 0 Å². The number of hydrogen-bond donors (Lipinski definition) is 2. The largest absolute Gasteiger partial charge is 0.361 e. The standard InChI is InChI=1S/C22H20N2O2S/c1-16-11-13-18(14-12-16)27(25,26)24-22(17-7-3-2-4-8-17)20-15-23-21-10-6-5-9-19(20)21/h2-15,22-24H,1H3/t22-/m1/s1. The predicted molar refractivity (Wildman–Crippen MR) is 108 cm³/mol. The van der Waals surface area contributed by atoms with Crippen LogP contribution in [0, 0.1) is 6.92 Å². The summed E-state index contributed by atoms with van der Waals surface area (Å²) in [4.78, 5) is 3.49. The number of H-pyrrole nitrogens is 1. The molecule has 0 aliphatic heterocycles. The highest BCUT2D eigenvalue weighted by atomic mass is 32.2. The quantitative estimate of drug-likeness (QED) is 0.537. The Bertz CT molecular complexity index is 1160. The Kier molecular flexibility index (Phi) is 4.56. The van der Waals surface area contributed by atoms with Crippen molar-refractivity contribution in [1.82, 2.24) is 9.71 Å². The van der Waals surface area contributed by atoms with Crippen molar-refractivity contribution in [2.75, 3.05) is 0 Å². The van der Waals surface area contributed by atoms with E-state index in [0.29, 0.717) is 0 Å². The van der Waals surface area contributed by atoms with Crippen molar-refractivity contribution < 1.29 is 8.42 Å². The van der Waals surface area contributed by atoms with Gasteiger partial charge in [-0.2, -0.15) is 4.72 Å². The summed E-state index contributed by atoms with van der Waals surface area (Å²) in [5.74, 6) is 0. The van der Waals surface area contributed by atoms with Crippen molar-refractivity contribution in [3.63, 3.8) is 0 Å². The van der Waals surface area contributed by atoms with Crippen LogP contribution in [0.1, 0.15) is 22.7 Å². The van der Waals surface area contributed by atoms with Gasteiger partial charge in [0.25, 0.3) is 0 Å². The number of aryl methyl sites for hydroxylation is 1. The summed E-state index contributed by atoms with van der Waals surface area (Å²) in [5.41, 5.74) is 3.78. The van der Waals surface area contributed by atoms with E-state index in [1.807, 2.05) is 67.7 Å². The highest BCUT2D eigenvalue weighted by Gasteiger charge is 2.24. The normalized spacial score (nSPS) is 12.9. The van der Waals surface area contributed by atoms with Gasteiger partial charge in [-0.25, -0.2) is 8.42 Å². The molecule has 2 N–H and O–H groups in total. The molecular formula is C22H20N2O2S. The Morgan fingerprint density at radius 1 is 0.852 bits per heavy atom. The lowest BCUT2D eigenvalue weighted by Crippen LogP contribution is -2.29. The molecule has 27 heavy (non-hydrogen) atoms. The molecule has 0 aliphatic carbocycles. The van der Waals surface area contributed by atoms with Gasteiger partial charge in [-0.3, -0.25) is 0 Å². The van der Waals surface area contributed by atoms with E-state index in [1.54, 1.807) is 24.3 Å². The van der Waals surface area contributed by atoms with Crippen LogP contribution < -0.4 is 4.72 Å². The number of rotatable bonds is 5. The summed E-state index contributed by atoms with van der Waals surface area (Å²) in [6, 6.07) is 23.9. The lowest BCUT2D eigenvalue weighted by molar-refractivity contribution is 0.572. The number of sulfonamides is 1. The Morgan fingerprint density at radius 3 is 2.26 bits per heavy atom. The molecule has 0 aliphatic rings. The average molecular weight is 376 g/mol. The molecule has 0 radical (unpaired) electrons. The molecule has 0 fully saturated rings. The van der Waals surface area contributed by atoms with Crippen molar-refractivity contribution in [3.05, 3.63) is 102 Å². The van der Waals surface area contributed by atoms with Gasteiger partial charge < -0.3 is 4.98 Å². The molecule has 4 nitrogen and oxygen atoms in total. The fourth-order valence-corrected chi connectivity index (χ4v) is 4.43. The van der Waals surface area contributed by atoms with Crippen LogP contribution >= 0.6 is 0 Å². The summed E-state index contributed by atoms with van der Waals surface area (Å²) < 4.78 is 29.0. The van der Waals surface area contributed by atoms with E-state index in [1.165, 1.54) is 0 Å². The van der Waals surface area contributed by atoms with Gasteiger partial charge in [0.2, 0.25) is 10.0 Å². The third-order valence-electron chi connectivity index (χ3n) is 4.67. The third kappa shape index (κ3) is 3.52. The summed E-state index contributed by atoms with van der Waals surface area (Å²) in [6.07, 6.45) is 1.87. The van der Waals surface area contributed by atoms with Crippen molar-refractivity contribution in [3.8, 4) is 0 Å². The van der Waals surface area contributed by atoms with Gasteiger partial charge in [0.15, 0.2) is 0 Å². The fraction of sp³-hybridized carbons (Fsp3) is 0.0909. The molecule has 5 heteroatoms. The molecule has 136 valence electrons. The second-order valence-corrected chi connectivity index (χ2v) is 8.28. The van der Waals surface area contributed by atoms with Gasteiger partial charge in [-0.05, 0) is 36.2 Å². The van der Waals surface area contributed by atoms with E-state index in [4.69, 9.17) is 0 Å². The summed E-state index contributed by atoms with van der Waals surface area (Å²) in [5, 5.41) is 0.998. The van der Waals surface area contributed by atoms with E-state index < -0.39 is 16.1 Å². The van der Waals surface area contributed by atoms with Gasteiger partial charge in [0.1, 0.15) is 0 Å². The summed E-state index contributed by atoms with van der Waals surface area (Å²) in [6.45, 7) is 1.93. The van der Waals surface area contributed by atoms with Gasteiger partial charge >= 0.3 is 0 Å². The first kappa shape index (κ1) is 17.5. The van der Waals surface area contributed by atoms with E-state index in [-0.39, 0.29) is 4.90 Å². The Morgan fingerprint density at radius 2 is 1.52 bits per heavy atom. The minimum Gasteiger partial charge on any atom is -0.361 e. The number of nitrogens with one attached hydrogen (secondary N) is 2. The summed E-state index contributed by atoms with van der Waals surface area (Å²) >= 11 is 0. The second-order valence-electron chi connectivity index (χ2n) is 6.57. The Labute approximate surface area is 158 Å². The molecule has 1 atom stereocenters. The first-order valence-electron chi connectivity index (χ1n) is 8.74. The Balaban J connectivity index is 1.81. The van der Waals surface area contributed by atoms with Crippen molar-refractivity contribution in [2.45, 2.75) is 17.9 Å². The third-order valence-corrected chi connectivity index (χ3v) is 6.11. The molecule has 0 amide bonds. The molecule has 4 rings (SSSR count). The van der Waals surface area contributed by atoms with Crippen LogP contribution in [0.15, 0.2) is 90.0 Å². The molecule has 3 aromatic carbocycles. The number of benzene rings is 3. The van der Waals surface area contributed by atoms with E-state index in [2.05, 4.69) is 9.71 Å². The number of fused-ring (bicyclic) bond motifs is 1. The predicted octanol–water partition coefficient (Wildman–Crippen LogP) is 4.54. The number of aromatic amines is 1.